The quantitative estimate of drug-likeness (QED) is 0.421. The molecule has 1 unspecified atom stereocenters. The average molecular weight is 295 g/mol. The molecule has 1 aliphatic rings. The van der Waals surface area contributed by atoms with Gasteiger partial charge in [-0.25, -0.2) is 4.79 Å². The minimum absolute atomic E-state index is 0.0546. The number of aliphatic hydroxyl groups is 3. The Morgan fingerprint density at radius 3 is 2.62 bits per heavy atom. The minimum Gasteiger partial charge on any atom is -0.394 e. The molecule has 5 N–H and O–H groups in total. The van der Waals surface area contributed by atoms with E-state index in [-0.39, 0.29) is 11.3 Å². The average Bonchev–Trinajstić information content (AvgIpc) is 2.73. The first kappa shape index (κ1) is 13.9. The van der Waals surface area contributed by atoms with Crippen LogP contribution in [0.25, 0.3) is 11.0 Å². The van der Waals surface area contributed by atoms with Crippen molar-refractivity contribution in [3.05, 3.63) is 38.7 Å². The molecule has 0 spiro atoms. The molecule has 1 saturated heterocycles. The van der Waals surface area contributed by atoms with Crippen molar-refractivity contribution in [3.63, 3.8) is 0 Å². The largest absolute Gasteiger partial charge is 0.394 e. The van der Waals surface area contributed by atoms with E-state index in [4.69, 9.17) is 9.84 Å². The van der Waals surface area contributed by atoms with E-state index in [0.717, 1.165) is 0 Å². The highest BCUT2D eigenvalue weighted by molar-refractivity contribution is 5.77. The van der Waals surface area contributed by atoms with E-state index in [1.165, 1.54) is 12.1 Å². The zero-order valence-corrected chi connectivity index (χ0v) is 10.7. The maximum atomic E-state index is 11.6. The second-order valence-corrected chi connectivity index (χ2v) is 4.80. The Labute approximate surface area is 116 Å². The first-order chi connectivity index (χ1) is 10.0. The molecular formula is C12H13N3O6. The number of hydrogen-bond donors (Lipinski definition) is 5. The fourth-order valence-corrected chi connectivity index (χ4v) is 2.44. The highest BCUT2D eigenvalue weighted by Crippen LogP contribution is 2.34. The van der Waals surface area contributed by atoms with Gasteiger partial charge in [0.2, 0.25) is 5.56 Å². The number of aromatic nitrogens is 3. The normalized spacial score (nSPS) is 29.1. The van der Waals surface area contributed by atoms with Crippen molar-refractivity contribution in [2.45, 2.75) is 24.4 Å². The molecule has 21 heavy (non-hydrogen) atoms. The first-order valence-corrected chi connectivity index (χ1v) is 6.27. The van der Waals surface area contributed by atoms with Gasteiger partial charge in [0.15, 0.2) is 0 Å². The van der Waals surface area contributed by atoms with Crippen molar-refractivity contribution in [1.82, 2.24) is 15.0 Å². The van der Waals surface area contributed by atoms with Crippen LogP contribution in [0, 0.1) is 0 Å². The molecule has 0 saturated carbocycles. The Morgan fingerprint density at radius 2 is 1.95 bits per heavy atom. The van der Waals surface area contributed by atoms with Crippen LogP contribution in [0.15, 0.2) is 21.7 Å². The summed E-state index contributed by atoms with van der Waals surface area (Å²) in [6, 6.07) is 2.67. The fourth-order valence-electron chi connectivity index (χ4n) is 2.44. The lowest BCUT2D eigenvalue weighted by Crippen LogP contribution is -2.32. The maximum Gasteiger partial charge on any atom is 0.347 e. The van der Waals surface area contributed by atoms with Gasteiger partial charge >= 0.3 is 5.69 Å². The monoisotopic (exact) mass is 295 g/mol. The molecule has 0 bridgehead atoms. The number of aromatic amines is 2. The first-order valence-electron chi connectivity index (χ1n) is 6.27. The van der Waals surface area contributed by atoms with Gasteiger partial charge in [0.1, 0.15) is 30.1 Å². The van der Waals surface area contributed by atoms with E-state index < -0.39 is 42.3 Å². The molecule has 2 aromatic heterocycles. The molecular weight excluding hydrogens is 282 g/mol. The van der Waals surface area contributed by atoms with Crippen LogP contribution in [0.5, 0.6) is 0 Å². The Morgan fingerprint density at radius 1 is 1.19 bits per heavy atom. The summed E-state index contributed by atoms with van der Waals surface area (Å²) in [5.74, 6) is 0. The minimum atomic E-state index is -1.32. The lowest BCUT2D eigenvalue weighted by Gasteiger charge is -2.16. The summed E-state index contributed by atoms with van der Waals surface area (Å²) in [4.78, 5) is 31.3. The molecule has 0 radical (unpaired) electrons. The van der Waals surface area contributed by atoms with E-state index >= 15 is 0 Å². The van der Waals surface area contributed by atoms with Crippen LogP contribution in [-0.4, -0.2) is 55.2 Å². The topological polar surface area (TPSA) is 149 Å². The molecule has 1 fully saturated rings. The van der Waals surface area contributed by atoms with E-state index in [1.54, 1.807) is 0 Å². The zero-order chi connectivity index (χ0) is 15.1. The lowest BCUT2D eigenvalue weighted by molar-refractivity contribution is -0.0235. The van der Waals surface area contributed by atoms with E-state index in [0.29, 0.717) is 5.39 Å². The molecule has 3 heterocycles. The molecule has 3 rings (SSSR count). The summed E-state index contributed by atoms with van der Waals surface area (Å²) in [6.45, 7) is -0.473. The predicted molar refractivity (Wildman–Crippen MR) is 69.7 cm³/mol. The summed E-state index contributed by atoms with van der Waals surface area (Å²) >= 11 is 0. The highest BCUT2D eigenvalue weighted by atomic mass is 16.6. The predicted octanol–water partition coefficient (Wildman–Crippen LogP) is -2.23. The molecule has 9 nitrogen and oxygen atoms in total. The lowest BCUT2D eigenvalue weighted by atomic mass is 10.0. The van der Waals surface area contributed by atoms with Crippen molar-refractivity contribution in [2.75, 3.05) is 6.61 Å². The van der Waals surface area contributed by atoms with Crippen LogP contribution < -0.4 is 11.2 Å². The number of aliphatic hydroxyl groups excluding tert-OH is 3. The Hall–Kier alpha value is -2.07. The van der Waals surface area contributed by atoms with Crippen molar-refractivity contribution in [1.29, 1.82) is 0 Å². The molecule has 0 aliphatic carbocycles. The Kier molecular flexibility index (Phi) is 3.33. The third kappa shape index (κ3) is 2.25. The summed E-state index contributed by atoms with van der Waals surface area (Å²) in [7, 11) is 0. The fraction of sp³-hybridized carbons (Fsp3) is 0.417. The number of nitrogens with one attached hydrogen (secondary N) is 2. The number of H-pyrrole nitrogens is 2. The van der Waals surface area contributed by atoms with Crippen LogP contribution in [0.3, 0.4) is 0 Å². The van der Waals surface area contributed by atoms with E-state index in [9.17, 15) is 19.8 Å². The van der Waals surface area contributed by atoms with Gasteiger partial charge in [-0.1, -0.05) is 0 Å². The molecule has 9 heteroatoms. The van der Waals surface area contributed by atoms with Crippen molar-refractivity contribution in [3.8, 4) is 0 Å². The number of hydrogen-bond acceptors (Lipinski definition) is 7. The number of nitrogens with zero attached hydrogens (tertiary/aromatic N) is 1. The number of rotatable bonds is 2. The van der Waals surface area contributed by atoms with Crippen molar-refractivity contribution >= 4 is 11.0 Å². The molecule has 0 aromatic carbocycles. The van der Waals surface area contributed by atoms with Crippen LogP contribution in [-0.2, 0) is 4.74 Å². The number of ether oxygens (including phenoxy) is 1. The standard InChI is InChI=1S/C12H13N3O6/c16-3-5-8(18)9(19)10(21-5)7-4-1-2-6(17)13-11(4)15-12(20)14-7/h1-2,5,8-10,16,18-19H,3H2,(H2,13,14,15,17,20)/t5-,8-,9-,10?/m1/s1. The second-order valence-electron chi connectivity index (χ2n) is 4.80. The van der Waals surface area contributed by atoms with Crippen molar-refractivity contribution < 1.29 is 20.1 Å². The van der Waals surface area contributed by atoms with Gasteiger partial charge in [-0.3, -0.25) is 4.79 Å². The van der Waals surface area contributed by atoms with Crippen LogP contribution in [0.4, 0.5) is 0 Å². The molecule has 2 aromatic rings. The zero-order valence-electron chi connectivity index (χ0n) is 10.7. The third-order valence-corrected chi connectivity index (χ3v) is 3.47. The number of pyridine rings is 1. The maximum absolute atomic E-state index is 11.6. The van der Waals surface area contributed by atoms with Gasteiger partial charge in [0.05, 0.1) is 12.3 Å². The van der Waals surface area contributed by atoms with E-state index in [1.807, 2.05) is 0 Å². The second kappa shape index (κ2) is 5.04. The van der Waals surface area contributed by atoms with Crippen LogP contribution in [0.2, 0.25) is 0 Å². The smallest absolute Gasteiger partial charge is 0.347 e. The van der Waals surface area contributed by atoms with Gasteiger partial charge in [-0.05, 0) is 6.07 Å². The Balaban J connectivity index is 2.17. The van der Waals surface area contributed by atoms with Gasteiger partial charge in [0.25, 0.3) is 0 Å². The molecule has 4 atom stereocenters. The van der Waals surface area contributed by atoms with Crippen LogP contribution >= 0.6 is 0 Å². The van der Waals surface area contributed by atoms with Crippen molar-refractivity contribution in [2.24, 2.45) is 0 Å². The number of fused-ring (bicyclic) bond motifs is 1. The van der Waals surface area contributed by atoms with Gasteiger partial charge in [0, 0.05) is 11.5 Å². The molecule has 1 aliphatic heterocycles. The third-order valence-electron chi connectivity index (χ3n) is 3.47. The summed E-state index contributed by atoms with van der Waals surface area (Å²) in [5, 5.41) is 29.3. The SMILES string of the molecule is O=c1ccc2c(C3O[C@H](CO)[C@@H](O)[C@H]3O)[nH]c(=O)nc2[nH]1. The summed E-state index contributed by atoms with van der Waals surface area (Å²) in [5.41, 5.74) is -0.910. The van der Waals surface area contributed by atoms with Gasteiger partial charge in [-0.15, -0.1) is 0 Å². The van der Waals surface area contributed by atoms with E-state index in [2.05, 4.69) is 15.0 Å². The van der Waals surface area contributed by atoms with Gasteiger partial charge in [-0.2, -0.15) is 4.98 Å². The summed E-state index contributed by atoms with van der Waals surface area (Å²) < 4.78 is 5.37. The van der Waals surface area contributed by atoms with Gasteiger partial charge < -0.3 is 30.0 Å². The Bertz CT molecular complexity index is 779. The summed E-state index contributed by atoms with van der Waals surface area (Å²) in [6.07, 6.45) is -4.61. The van der Waals surface area contributed by atoms with Crippen LogP contribution in [0.1, 0.15) is 11.8 Å². The highest BCUT2D eigenvalue weighted by Gasteiger charge is 2.44. The molecule has 112 valence electrons. The molecule has 0 amide bonds.